The van der Waals surface area contributed by atoms with Gasteiger partial charge in [-0.25, -0.2) is 19.3 Å². The summed E-state index contributed by atoms with van der Waals surface area (Å²) in [5, 5.41) is 3.75. The van der Waals surface area contributed by atoms with E-state index in [1.165, 1.54) is 24.2 Å². The summed E-state index contributed by atoms with van der Waals surface area (Å²) in [7, 11) is 0. The van der Waals surface area contributed by atoms with Gasteiger partial charge in [-0.2, -0.15) is 0 Å². The summed E-state index contributed by atoms with van der Waals surface area (Å²) in [5.74, 6) is 0.460. The van der Waals surface area contributed by atoms with Crippen molar-refractivity contribution in [3.05, 3.63) is 42.1 Å². The first-order valence-corrected chi connectivity index (χ1v) is 9.39. The van der Waals surface area contributed by atoms with Gasteiger partial charge in [0.15, 0.2) is 5.82 Å². The normalized spacial score (nSPS) is 15.2. The van der Waals surface area contributed by atoms with Gasteiger partial charge in [-0.15, -0.1) is 11.8 Å². The van der Waals surface area contributed by atoms with Gasteiger partial charge in [-0.1, -0.05) is 0 Å². The Hall–Kier alpha value is -2.22. The first-order chi connectivity index (χ1) is 12.2. The van der Waals surface area contributed by atoms with Crippen LogP contribution >= 0.6 is 11.8 Å². The zero-order valence-corrected chi connectivity index (χ0v) is 14.8. The van der Waals surface area contributed by atoms with E-state index in [-0.39, 0.29) is 5.91 Å². The highest BCUT2D eigenvalue weighted by molar-refractivity contribution is 7.98. The molecule has 2 aromatic rings. The van der Waals surface area contributed by atoms with Crippen LogP contribution < -0.4 is 10.2 Å². The number of halogens is 1. The predicted octanol–water partition coefficient (Wildman–Crippen LogP) is 2.38. The van der Waals surface area contributed by atoms with Gasteiger partial charge in [0.1, 0.15) is 5.03 Å². The lowest BCUT2D eigenvalue weighted by molar-refractivity contribution is 0.0941. The zero-order valence-electron chi connectivity index (χ0n) is 14.0. The van der Waals surface area contributed by atoms with Gasteiger partial charge in [0.2, 0.25) is 5.95 Å². The van der Waals surface area contributed by atoms with Gasteiger partial charge in [0.25, 0.3) is 5.91 Å². The number of aromatic nitrogens is 3. The SMILES string of the molecule is CSc1ncccc1C(=O)NCC1CCN(c2ncc(F)cn2)CC1. The first-order valence-electron chi connectivity index (χ1n) is 8.17. The van der Waals surface area contributed by atoms with Crippen molar-refractivity contribution in [3.8, 4) is 0 Å². The van der Waals surface area contributed by atoms with Crippen LogP contribution in [0, 0.1) is 11.7 Å². The molecule has 0 aliphatic carbocycles. The molecule has 2 aromatic heterocycles. The van der Waals surface area contributed by atoms with Gasteiger partial charge in [0, 0.05) is 25.8 Å². The smallest absolute Gasteiger partial charge is 0.254 e. The topological polar surface area (TPSA) is 71.0 Å². The molecule has 6 nitrogen and oxygen atoms in total. The Labute approximate surface area is 150 Å². The summed E-state index contributed by atoms with van der Waals surface area (Å²) in [6.07, 6.45) is 7.84. The van der Waals surface area contributed by atoms with Crippen molar-refractivity contribution < 1.29 is 9.18 Å². The molecule has 25 heavy (non-hydrogen) atoms. The average Bonchev–Trinajstić information content (AvgIpc) is 2.67. The molecule has 1 saturated heterocycles. The molecule has 0 saturated carbocycles. The molecule has 1 amide bonds. The van der Waals surface area contributed by atoms with Crippen LogP contribution in [0.2, 0.25) is 0 Å². The van der Waals surface area contributed by atoms with Gasteiger partial charge >= 0.3 is 0 Å². The third kappa shape index (κ3) is 4.45. The number of hydrogen-bond donors (Lipinski definition) is 1. The Morgan fingerprint density at radius 1 is 1.32 bits per heavy atom. The van der Waals surface area contributed by atoms with E-state index in [0.717, 1.165) is 31.0 Å². The van der Waals surface area contributed by atoms with Gasteiger partial charge in [-0.3, -0.25) is 4.79 Å². The van der Waals surface area contributed by atoms with Crippen LogP contribution in [0.5, 0.6) is 0 Å². The molecule has 132 valence electrons. The number of carbonyl (C=O) groups is 1. The highest BCUT2D eigenvalue weighted by atomic mass is 32.2. The summed E-state index contributed by atoms with van der Waals surface area (Å²) >= 11 is 1.46. The van der Waals surface area contributed by atoms with Gasteiger partial charge in [0.05, 0.1) is 18.0 Å². The number of piperidine rings is 1. The molecule has 0 aromatic carbocycles. The number of rotatable bonds is 5. The highest BCUT2D eigenvalue weighted by Gasteiger charge is 2.22. The fourth-order valence-electron chi connectivity index (χ4n) is 2.86. The van der Waals surface area contributed by atoms with Crippen LogP contribution in [-0.2, 0) is 0 Å². The Bertz CT molecular complexity index is 719. The Morgan fingerprint density at radius 3 is 2.72 bits per heavy atom. The summed E-state index contributed by atoms with van der Waals surface area (Å²) in [6.45, 7) is 2.24. The Morgan fingerprint density at radius 2 is 2.04 bits per heavy atom. The second-order valence-corrected chi connectivity index (χ2v) is 6.70. The number of hydrogen-bond acceptors (Lipinski definition) is 6. The molecule has 1 aliphatic heterocycles. The molecule has 3 heterocycles. The molecule has 1 fully saturated rings. The van der Waals surface area contributed by atoms with Gasteiger partial charge < -0.3 is 10.2 Å². The van der Waals surface area contributed by atoms with E-state index in [0.29, 0.717) is 24.0 Å². The van der Waals surface area contributed by atoms with E-state index in [1.807, 2.05) is 11.2 Å². The van der Waals surface area contributed by atoms with Crippen LogP contribution in [0.4, 0.5) is 10.3 Å². The monoisotopic (exact) mass is 361 g/mol. The van der Waals surface area contributed by atoms with Crippen LogP contribution in [0.25, 0.3) is 0 Å². The minimum atomic E-state index is -0.429. The van der Waals surface area contributed by atoms with Crippen LogP contribution in [0.15, 0.2) is 35.7 Å². The molecule has 0 radical (unpaired) electrons. The molecule has 0 spiro atoms. The standard InChI is InChI=1S/C17H20FN5OS/c1-25-16-14(3-2-6-19-16)15(24)20-9-12-4-7-23(8-5-12)17-21-10-13(18)11-22-17/h2-3,6,10-12H,4-5,7-9H2,1H3,(H,20,24). The maximum absolute atomic E-state index is 12.9. The molecule has 0 unspecified atom stereocenters. The summed E-state index contributed by atoms with van der Waals surface area (Å²) in [6, 6.07) is 3.57. The average molecular weight is 361 g/mol. The van der Waals surface area contributed by atoms with E-state index in [4.69, 9.17) is 0 Å². The van der Waals surface area contributed by atoms with Crippen molar-refractivity contribution in [1.82, 2.24) is 20.3 Å². The molecule has 1 aliphatic rings. The molecular weight excluding hydrogens is 341 g/mol. The second kappa shape index (κ2) is 8.24. The van der Waals surface area contributed by atoms with Crippen molar-refractivity contribution in [1.29, 1.82) is 0 Å². The quantitative estimate of drug-likeness (QED) is 0.825. The lowest BCUT2D eigenvalue weighted by Crippen LogP contribution is -2.39. The minimum Gasteiger partial charge on any atom is -0.352 e. The Balaban J connectivity index is 1.49. The summed E-state index contributed by atoms with van der Waals surface area (Å²) < 4.78 is 12.9. The number of carbonyl (C=O) groups excluding carboxylic acids is 1. The minimum absolute atomic E-state index is 0.0817. The number of anilines is 1. The molecule has 0 bridgehead atoms. The maximum Gasteiger partial charge on any atom is 0.254 e. The zero-order chi connectivity index (χ0) is 17.6. The highest BCUT2D eigenvalue weighted by Crippen LogP contribution is 2.21. The van der Waals surface area contributed by atoms with E-state index in [2.05, 4.69) is 20.3 Å². The number of pyridine rings is 1. The second-order valence-electron chi connectivity index (χ2n) is 5.90. The van der Waals surface area contributed by atoms with Crippen molar-refractivity contribution in [3.63, 3.8) is 0 Å². The van der Waals surface area contributed by atoms with E-state index in [1.54, 1.807) is 18.3 Å². The number of thioether (sulfide) groups is 1. The third-order valence-electron chi connectivity index (χ3n) is 4.26. The largest absolute Gasteiger partial charge is 0.352 e. The third-order valence-corrected chi connectivity index (χ3v) is 4.98. The molecule has 8 heteroatoms. The lowest BCUT2D eigenvalue weighted by Gasteiger charge is -2.32. The van der Waals surface area contributed by atoms with E-state index < -0.39 is 5.82 Å². The summed E-state index contributed by atoms with van der Waals surface area (Å²) in [4.78, 5) is 26.7. The van der Waals surface area contributed by atoms with E-state index in [9.17, 15) is 9.18 Å². The number of amides is 1. The van der Waals surface area contributed by atoms with Gasteiger partial charge in [-0.05, 0) is 37.1 Å². The van der Waals surface area contributed by atoms with Crippen molar-refractivity contribution >= 4 is 23.6 Å². The molecular formula is C17H20FN5OS. The maximum atomic E-state index is 12.9. The van der Waals surface area contributed by atoms with Crippen molar-refractivity contribution in [2.75, 3.05) is 30.8 Å². The van der Waals surface area contributed by atoms with Crippen molar-refractivity contribution in [2.45, 2.75) is 17.9 Å². The number of nitrogens with one attached hydrogen (secondary N) is 1. The van der Waals surface area contributed by atoms with Crippen LogP contribution in [0.1, 0.15) is 23.2 Å². The lowest BCUT2D eigenvalue weighted by atomic mass is 9.97. The molecule has 3 rings (SSSR count). The van der Waals surface area contributed by atoms with Crippen molar-refractivity contribution in [2.24, 2.45) is 5.92 Å². The molecule has 0 atom stereocenters. The molecule has 1 N–H and O–H groups in total. The van der Waals surface area contributed by atoms with Crippen LogP contribution in [0.3, 0.4) is 0 Å². The fraction of sp³-hybridized carbons (Fsp3) is 0.412. The Kier molecular flexibility index (Phi) is 5.80. The van der Waals surface area contributed by atoms with Crippen LogP contribution in [-0.4, -0.2) is 46.7 Å². The fourth-order valence-corrected chi connectivity index (χ4v) is 3.41. The number of nitrogens with zero attached hydrogens (tertiary/aromatic N) is 4. The first kappa shape index (κ1) is 17.6. The predicted molar refractivity (Wildman–Crippen MR) is 95.3 cm³/mol. The van der Waals surface area contributed by atoms with E-state index >= 15 is 0 Å². The summed E-state index contributed by atoms with van der Waals surface area (Å²) in [5.41, 5.74) is 0.618.